The molecule has 0 aliphatic carbocycles. The molecule has 1 aliphatic rings. The van der Waals surface area contributed by atoms with Gasteiger partial charge in [0.25, 0.3) is 5.91 Å². The number of carbonyl (C=O) groups excluding carboxylic acids is 2. The monoisotopic (exact) mass is 295 g/mol. The minimum Gasteiger partial charge on any atom is -0.366 e. The van der Waals surface area contributed by atoms with E-state index >= 15 is 0 Å². The van der Waals surface area contributed by atoms with Crippen LogP contribution >= 0.6 is 0 Å². The third kappa shape index (κ3) is 2.57. The number of aromatic nitrogens is 1. The van der Waals surface area contributed by atoms with Gasteiger partial charge in [0.2, 0.25) is 5.91 Å². The standard InChI is InChI=1S/C17H17N3O2/c1-11-9-12(5-7-19-11)17(22)20-8-6-14-13(10-20)3-2-4-15(14)16(18)21/h2-5,7,9H,6,8,10H2,1H3,(H2,18,21). The van der Waals surface area contributed by atoms with E-state index in [-0.39, 0.29) is 5.91 Å². The van der Waals surface area contributed by atoms with Gasteiger partial charge in [-0.2, -0.15) is 0 Å². The molecule has 3 rings (SSSR count). The van der Waals surface area contributed by atoms with Crippen molar-refractivity contribution in [3.63, 3.8) is 0 Å². The Morgan fingerprint density at radius 1 is 1.27 bits per heavy atom. The summed E-state index contributed by atoms with van der Waals surface area (Å²) >= 11 is 0. The maximum absolute atomic E-state index is 12.6. The zero-order valence-corrected chi connectivity index (χ0v) is 12.4. The molecule has 0 fully saturated rings. The van der Waals surface area contributed by atoms with Gasteiger partial charge in [0, 0.05) is 36.1 Å². The van der Waals surface area contributed by atoms with Crippen LogP contribution in [-0.2, 0) is 13.0 Å². The Kier molecular flexibility index (Phi) is 3.63. The van der Waals surface area contributed by atoms with Crippen LogP contribution < -0.4 is 5.73 Å². The number of hydrogen-bond donors (Lipinski definition) is 1. The number of carbonyl (C=O) groups is 2. The molecular weight excluding hydrogens is 278 g/mol. The molecule has 5 heteroatoms. The molecule has 0 radical (unpaired) electrons. The van der Waals surface area contributed by atoms with E-state index in [9.17, 15) is 9.59 Å². The van der Waals surface area contributed by atoms with Crippen LogP contribution in [-0.4, -0.2) is 28.2 Å². The molecule has 0 unspecified atom stereocenters. The first kappa shape index (κ1) is 14.3. The Hall–Kier alpha value is -2.69. The summed E-state index contributed by atoms with van der Waals surface area (Å²) in [5.74, 6) is -0.429. The molecule has 0 bridgehead atoms. The summed E-state index contributed by atoms with van der Waals surface area (Å²) in [6.45, 7) is 2.94. The Morgan fingerprint density at radius 3 is 2.82 bits per heavy atom. The fourth-order valence-corrected chi connectivity index (χ4v) is 2.87. The molecule has 22 heavy (non-hydrogen) atoms. The normalized spacial score (nSPS) is 13.6. The summed E-state index contributed by atoms with van der Waals surface area (Å²) in [7, 11) is 0. The van der Waals surface area contributed by atoms with E-state index in [4.69, 9.17) is 5.73 Å². The largest absolute Gasteiger partial charge is 0.366 e. The smallest absolute Gasteiger partial charge is 0.254 e. The van der Waals surface area contributed by atoms with Crippen molar-refractivity contribution in [3.8, 4) is 0 Å². The van der Waals surface area contributed by atoms with Gasteiger partial charge in [-0.1, -0.05) is 12.1 Å². The van der Waals surface area contributed by atoms with E-state index in [0.717, 1.165) is 16.8 Å². The molecule has 1 aromatic heterocycles. The summed E-state index contributed by atoms with van der Waals surface area (Å²) < 4.78 is 0. The molecule has 0 spiro atoms. The molecule has 112 valence electrons. The number of rotatable bonds is 2. The Labute approximate surface area is 128 Å². The molecule has 2 heterocycles. The number of nitrogens with two attached hydrogens (primary N) is 1. The van der Waals surface area contributed by atoms with Crippen molar-refractivity contribution < 1.29 is 9.59 Å². The van der Waals surface area contributed by atoms with Gasteiger partial charge in [-0.25, -0.2) is 0 Å². The lowest BCUT2D eigenvalue weighted by molar-refractivity contribution is 0.0734. The first-order valence-electron chi connectivity index (χ1n) is 7.19. The molecule has 0 saturated carbocycles. The lowest BCUT2D eigenvalue weighted by Gasteiger charge is -2.30. The van der Waals surface area contributed by atoms with Crippen molar-refractivity contribution in [2.75, 3.05) is 6.54 Å². The number of amides is 2. The van der Waals surface area contributed by atoms with Gasteiger partial charge in [-0.15, -0.1) is 0 Å². The van der Waals surface area contributed by atoms with Crippen molar-refractivity contribution >= 4 is 11.8 Å². The third-order valence-electron chi connectivity index (χ3n) is 3.96. The third-order valence-corrected chi connectivity index (χ3v) is 3.96. The highest BCUT2D eigenvalue weighted by Gasteiger charge is 2.24. The van der Waals surface area contributed by atoms with E-state index in [1.54, 1.807) is 29.3 Å². The fourth-order valence-electron chi connectivity index (χ4n) is 2.87. The van der Waals surface area contributed by atoms with Crippen molar-refractivity contribution in [2.45, 2.75) is 19.9 Å². The first-order valence-corrected chi connectivity index (χ1v) is 7.19. The maximum atomic E-state index is 12.6. The highest BCUT2D eigenvalue weighted by molar-refractivity contribution is 5.96. The second-order valence-corrected chi connectivity index (χ2v) is 5.47. The predicted molar refractivity (Wildman–Crippen MR) is 82.4 cm³/mol. The van der Waals surface area contributed by atoms with Crippen LogP contribution in [0.2, 0.25) is 0 Å². The number of aryl methyl sites for hydroxylation is 1. The molecule has 2 N–H and O–H groups in total. The SMILES string of the molecule is Cc1cc(C(=O)N2CCc3c(cccc3C(N)=O)C2)ccn1. The highest BCUT2D eigenvalue weighted by Crippen LogP contribution is 2.23. The predicted octanol–water partition coefficient (Wildman–Crippen LogP) is 1.69. The molecule has 1 aliphatic heterocycles. The van der Waals surface area contributed by atoms with Crippen molar-refractivity contribution in [1.29, 1.82) is 0 Å². The van der Waals surface area contributed by atoms with Crippen molar-refractivity contribution in [2.24, 2.45) is 5.73 Å². The van der Waals surface area contributed by atoms with Crippen molar-refractivity contribution in [1.82, 2.24) is 9.88 Å². The Morgan fingerprint density at radius 2 is 2.09 bits per heavy atom. The van der Waals surface area contributed by atoms with Crippen LogP contribution in [0.1, 0.15) is 37.5 Å². The molecular formula is C17H17N3O2. The van der Waals surface area contributed by atoms with Crippen LogP contribution in [0.25, 0.3) is 0 Å². The van der Waals surface area contributed by atoms with Crippen molar-refractivity contribution in [3.05, 3.63) is 64.5 Å². The van der Waals surface area contributed by atoms with E-state index in [2.05, 4.69) is 4.98 Å². The van der Waals surface area contributed by atoms with Gasteiger partial charge >= 0.3 is 0 Å². The number of fused-ring (bicyclic) bond motifs is 1. The minimum absolute atomic E-state index is 0.0133. The average Bonchev–Trinajstić information content (AvgIpc) is 2.53. The van der Waals surface area contributed by atoms with Crippen LogP contribution in [0.3, 0.4) is 0 Å². The van der Waals surface area contributed by atoms with Gasteiger partial charge in [-0.05, 0) is 42.7 Å². The van der Waals surface area contributed by atoms with Crippen LogP contribution in [0.15, 0.2) is 36.5 Å². The Bertz CT molecular complexity index is 755. The summed E-state index contributed by atoms with van der Waals surface area (Å²) in [5, 5.41) is 0. The Balaban J connectivity index is 1.87. The molecule has 1 aromatic carbocycles. The van der Waals surface area contributed by atoms with Gasteiger partial charge in [0.1, 0.15) is 0 Å². The molecule has 2 amide bonds. The lowest BCUT2D eigenvalue weighted by Crippen LogP contribution is -2.37. The average molecular weight is 295 g/mol. The molecule has 5 nitrogen and oxygen atoms in total. The first-order chi connectivity index (χ1) is 10.6. The lowest BCUT2D eigenvalue weighted by atomic mass is 9.94. The zero-order valence-electron chi connectivity index (χ0n) is 12.4. The zero-order chi connectivity index (χ0) is 15.7. The quantitative estimate of drug-likeness (QED) is 0.916. The second-order valence-electron chi connectivity index (χ2n) is 5.47. The maximum Gasteiger partial charge on any atom is 0.254 e. The number of nitrogens with zero attached hydrogens (tertiary/aromatic N) is 2. The fraction of sp³-hybridized carbons (Fsp3) is 0.235. The number of benzene rings is 1. The van der Waals surface area contributed by atoms with Gasteiger partial charge in [-0.3, -0.25) is 14.6 Å². The summed E-state index contributed by atoms with van der Waals surface area (Å²) in [5.41, 5.74) is 9.38. The number of hydrogen-bond acceptors (Lipinski definition) is 3. The summed E-state index contributed by atoms with van der Waals surface area (Å²) in [4.78, 5) is 30.0. The van der Waals surface area contributed by atoms with Crippen LogP contribution in [0, 0.1) is 6.92 Å². The summed E-state index contributed by atoms with van der Waals surface area (Å²) in [6, 6.07) is 9.01. The molecule has 0 saturated heterocycles. The minimum atomic E-state index is -0.415. The van der Waals surface area contributed by atoms with Gasteiger partial charge < -0.3 is 10.6 Å². The highest BCUT2D eigenvalue weighted by atomic mass is 16.2. The molecule has 0 atom stereocenters. The number of pyridine rings is 1. The van der Waals surface area contributed by atoms with E-state index in [0.29, 0.717) is 30.6 Å². The van der Waals surface area contributed by atoms with Gasteiger partial charge in [0.05, 0.1) is 0 Å². The summed E-state index contributed by atoms with van der Waals surface area (Å²) in [6.07, 6.45) is 2.29. The van der Waals surface area contributed by atoms with Crippen LogP contribution in [0.4, 0.5) is 0 Å². The van der Waals surface area contributed by atoms with E-state index < -0.39 is 5.91 Å². The molecule has 2 aromatic rings. The van der Waals surface area contributed by atoms with Gasteiger partial charge in [0.15, 0.2) is 0 Å². The van der Waals surface area contributed by atoms with E-state index in [1.807, 2.05) is 19.1 Å². The second kappa shape index (κ2) is 5.60. The topological polar surface area (TPSA) is 76.3 Å². The number of primary amides is 1. The van der Waals surface area contributed by atoms with Crippen LogP contribution in [0.5, 0.6) is 0 Å². The van der Waals surface area contributed by atoms with E-state index in [1.165, 1.54) is 0 Å².